The smallest absolute Gasteiger partial charge is 0.255 e. The van der Waals surface area contributed by atoms with Crippen molar-refractivity contribution in [1.82, 2.24) is 9.55 Å². The van der Waals surface area contributed by atoms with Crippen LogP contribution in [0.25, 0.3) is 16.7 Å². The van der Waals surface area contributed by atoms with Gasteiger partial charge in [0.15, 0.2) is 0 Å². The number of halogens is 1. The predicted molar refractivity (Wildman–Crippen MR) is 100 cm³/mol. The molecule has 0 aliphatic carbocycles. The van der Waals surface area contributed by atoms with Crippen molar-refractivity contribution in [2.75, 3.05) is 5.32 Å². The number of para-hydroxylation sites is 1. The van der Waals surface area contributed by atoms with Gasteiger partial charge in [0.25, 0.3) is 5.91 Å². The molecule has 1 amide bonds. The second-order valence-corrected chi connectivity index (χ2v) is 6.07. The van der Waals surface area contributed by atoms with E-state index in [0.29, 0.717) is 16.8 Å². The summed E-state index contributed by atoms with van der Waals surface area (Å²) in [5, 5.41) is 2.72. The summed E-state index contributed by atoms with van der Waals surface area (Å²) in [6.07, 6.45) is 1.73. The molecule has 0 bridgehead atoms. The fourth-order valence-corrected chi connectivity index (χ4v) is 2.82. The van der Waals surface area contributed by atoms with Gasteiger partial charge >= 0.3 is 0 Å². The van der Waals surface area contributed by atoms with E-state index in [2.05, 4.69) is 10.3 Å². The lowest BCUT2D eigenvalue weighted by atomic mass is 10.1. The Morgan fingerprint density at radius 3 is 2.62 bits per heavy atom. The van der Waals surface area contributed by atoms with Gasteiger partial charge in [-0.25, -0.2) is 9.37 Å². The van der Waals surface area contributed by atoms with Crippen LogP contribution in [0.4, 0.5) is 10.1 Å². The number of rotatable bonds is 3. The van der Waals surface area contributed by atoms with E-state index in [-0.39, 0.29) is 11.7 Å². The molecule has 0 fully saturated rings. The first-order chi connectivity index (χ1) is 12.6. The first kappa shape index (κ1) is 16.0. The summed E-state index contributed by atoms with van der Waals surface area (Å²) in [5.41, 5.74) is 4.06. The normalized spacial score (nSPS) is 10.8. The number of hydrogen-bond donors (Lipinski definition) is 1. The van der Waals surface area contributed by atoms with Crippen LogP contribution in [0, 0.1) is 12.7 Å². The Kier molecular flexibility index (Phi) is 3.97. The molecule has 0 saturated carbocycles. The first-order valence-electron chi connectivity index (χ1n) is 8.22. The Balaban J connectivity index is 1.63. The van der Waals surface area contributed by atoms with Crippen molar-refractivity contribution in [3.63, 3.8) is 0 Å². The van der Waals surface area contributed by atoms with E-state index in [0.717, 1.165) is 16.7 Å². The second-order valence-electron chi connectivity index (χ2n) is 6.07. The number of imidazole rings is 1. The Hall–Kier alpha value is -3.47. The topological polar surface area (TPSA) is 46.9 Å². The van der Waals surface area contributed by atoms with Gasteiger partial charge in [-0.15, -0.1) is 0 Å². The van der Waals surface area contributed by atoms with E-state index < -0.39 is 0 Å². The van der Waals surface area contributed by atoms with Gasteiger partial charge in [0.2, 0.25) is 0 Å². The maximum Gasteiger partial charge on any atom is 0.255 e. The summed E-state index contributed by atoms with van der Waals surface area (Å²) in [5.74, 6) is -0.649. The van der Waals surface area contributed by atoms with Crippen LogP contribution in [0.2, 0.25) is 0 Å². The molecule has 4 rings (SSSR count). The number of benzene rings is 3. The van der Waals surface area contributed by atoms with E-state index >= 15 is 0 Å². The summed E-state index contributed by atoms with van der Waals surface area (Å²) in [6.45, 7) is 1.68. The molecular formula is C21H16FN3O. The lowest BCUT2D eigenvalue weighted by Crippen LogP contribution is -2.12. The summed E-state index contributed by atoms with van der Waals surface area (Å²) in [7, 11) is 0. The molecule has 128 valence electrons. The average molecular weight is 345 g/mol. The van der Waals surface area contributed by atoms with E-state index in [1.807, 2.05) is 41.0 Å². The van der Waals surface area contributed by atoms with Crippen LogP contribution >= 0.6 is 0 Å². The fraction of sp³-hybridized carbons (Fsp3) is 0.0476. The van der Waals surface area contributed by atoms with Crippen molar-refractivity contribution in [3.8, 4) is 5.69 Å². The van der Waals surface area contributed by atoms with Crippen molar-refractivity contribution in [2.24, 2.45) is 0 Å². The number of nitrogens with zero attached hydrogens (tertiary/aromatic N) is 2. The SMILES string of the molecule is Cc1ccc(NC(=O)c2ccc3c(c2)ncn3-c2ccccc2)cc1F. The standard InChI is InChI=1S/C21H16FN3O/c1-14-7-9-16(12-18(14)22)24-21(26)15-8-10-20-19(11-15)23-13-25(20)17-5-3-2-4-6-17/h2-13H,1H3,(H,24,26). The van der Waals surface area contributed by atoms with Gasteiger partial charge in [-0.05, 0) is 55.0 Å². The van der Waals surface area contributed by atoms with Gasteiger partial charge in [0.05, 0.1) is 11.0 Å². The number of amides is 1. The van der Waals surface area contributed by atoms with Crippen molar-refractivity contribution >= 4 is 22.6 Å². The third-order valence-corrected chi connectivity index (χ3v) is 4.27. The van der Waals surface area contributed by atoms with Crippen LogP contribution < -0.4 is 5.32 Å². The molecule has 0 unspecified atom stereocenters. The van der Waals surface area contributed by atoms with Crippen LogP contribution in [-0.4, -0.2) is 15.5 Å². The lowest BCUT2D eigenvalue weighted by Gasteiger charge is -2.07. The van der Waals surface area contributed by atoms with Gasteiger partial charge < -0.3 is 5.32 Å². The van der Waals surface area contributed by atoms with Crippen LogP contribution in [0.1, 0.15) is 15.9 Å². The Morgan fingerprint density at radius 1 is 1.04 bits per heavy atom. The molecule has 1 aromatic heterocycles. The highest BCUT2D eigenvalue weighted by atomic mass is 19.1. The van der Waals surface area contributed by atoms with Crippen molar-refractivity contribution in [2.45, 2.75) is 6.92 Å². The quantitative estimate of drug-likeness (QED) is 0.584. The van der Waals surface area contributed by atoms with Crippen LogP contribution in [-0.2, 0) is 0 Å². The van der Waals surface area contributed by atoms with Crippen molar-refractivity contribution in [3.05, 3.63) is 90.0 Å². The second kappa shape index (κ2) is 6.44. The average Bonchev–Trinajstić information content (AvgIpc) is 3.08. The maximum atomic E-state index is 13.6. The number of fused-ring (bicyclic) bond motifs is 1. The van der Waals surface area contributed by atoms with Gasteiger partial charge in [-0.2, -0.15) is 0 Å². The molecule has 1 heterocycles. The van der Waals surface area contributed by atoms with Gasteiger partial charge in [-0.1, -0.05) is 24.3 Å². The van der Waals surface area contributed by atoms with E-state index in [4.69, 9.17) is 0 Å². The molecule has 4 nitrogen and oxygen atoms in total. The first-order valence-corrected chi connectivity index (χ1v) is 8.22. The monoisotopic (exact) mass is 345 g/mol. The Bertz CT molecular complexity index is 1100. The Morgan fingerprint density at radius 2 is 1.85 bits per heavy atom. The van der Waals surface area contributed by atoms with Gasteiger partial charge in [0.1, 0.15) is 12.1 Å². The summed E-state index contributed by atoms with van der Waals surface area (Å²) < 4.78 is 15.6. The third kappa shape index (κ3) is 2.95. The number of aromatic nitrogens is 2. The highest BCUT2D eigenvalue weighted by molar-refractivity contribution is 6.06. The summed E-state index contributed by atoms with van der Waals surface area (Å²) in [6, 6.07) is 19.8. The van der Waals surface area contributed by atoms with Gasteiger partial charge in [-0.3, -0.25) is 9.36 Å². The largest absolute Gasteiger partial charge is 0.322 e. The predicted octanol–water partition coefficient (Wildman–Crippen LogP) is 4.73. The van der Waals surface area contributed by atoms with Crippen LogP contribution in [0.5, 0.6) is 0 Å². The molecule has 4 aromatic rings. The number of anilines is 1. The molecule has 0 aliphatic rings. The van der Waals surface area contributed by atoms with Gasteiger partial charge in [0, 0.05) is 16.9 Å². The lowest BCUT2D eigenvalue weighted by molar-refractivity contribution is 0.102. The molecular weight excluding hydrogens is 329 g/mol. The number of nitrogens with one attached hydrogen (secondary N) is 1. The third-order valence-electron chi connectivity index (χ3n) is 4.27. The highest BCUT2D eigenvalue weighted by Gasteiger charge is 2.11. The minimum atomic E-state index is -0.347. The molecule has 0 radical (unpaired) electrons. The molecule has 1 N–H and O–H groups in total. The number of carbonyl (C=O) groups excluding carboxylic acids is 1. The van der Waals surface area contributed by atoms with Crippen LogP contribution in [0.15, 0.2) is 73.1 Å². The number of carbonyl (C=O) groups is 1. The summed E-state index contributed by atoms with van der Waals surface area (Å²) in [4.78, 5) is 16.9. The van der Waals surface area contributed by atoms with E-state index in [1.165, 1.54) is 6.07 Å². The minimum absolute atomic E-state index is 0.301. The number of aryl methyl sites for hydroxylation is 1. The fourth-order valence-electron chi connectivity index (χ4n) is 2.82. The molecule has 0 aliphatic heterocycles. The molecule has 0 saturated heterocycles. The van der Waals surface area contributed by atoms with Crippen molar-refractivity contribution < 1.29 is 9.18 Å². The number of hydrogen-bond acceptors (Lipinski definition) is 2. The zero-order valence-electron chi connectivity index (χ0n) is 14.1. The molecule has 3 aromatic carbocycles. The molecule has 0 spiro atoms. The van der Waals surface area contributed by atoms with Crippen molar-refractivity contribution in [1.29, 1.82) is 0 Å². The van der Waals surface area contributed by atoms with E-state index in [1.54, 1.807) is 37.5 Å². The molecule has 0 atom stereocenters. The maximum absolute atomic E-state index is 13.6. The molecule has 26 heavy (non-hydrogen) atoms. The minimum Gasteiger partial charge on any atom is -0.322 e. The molecule has 5 heteroatoms. The highest BCUT2D eigenvalue weighted by Crippen LogP contribution is 2.20. The Labute approximate surface area is 149 Å². The van der Waals surface area contributed by atoms with E-state index in [9.17, 15) is 9.18 Å². The zero-order valence-corrected chi connectivity index (χ0v) is 14.1. The van der Waals surface area contributed by atoms with Crippen LogP contribution in [0.3, 0.4) is 0 Å². The zero-order chi connectivity index (χ0) is 18.1. The summed E-state index contributed by atoms with van der Waals surface area (Å²) >= 11 is 0.